The Morgan fingerprint density at radius 3 is 2.50 bits per heavy atom. The second kappa shape index (κ2) is 4.99. The van der Waals surface area contributed by atoms with Gasteiger partial charge in [-0.15, -0.1) is 0 Å². The second-order valence-corrected chi connectivity index (χ2v) is 6.75. The Hall–Kier alpha value is -0.910. The molecular formula is C13H20N2O2S. The largest absolute Gasteiger partial charge is 0.310 e. The molecule has 100 valence electrons. The zero-order chi connectivity index (χ0) is 13.3. The molecule has 0 spiro atoms. The Bertz CT molecular complexity index is 548. The lowest BCUT2D eigenvalue weighted by molar-refractivity contribution is 0.587. The van der Waals surface area contributed by atoms with Crippen LogP contribution in [-0.2, 0) is 16.6 Å². The van der Waals surface area contributed by atoms with E-state index < -0.39 is 10.0 Å². The molecule has 0 aliphatic heterocycles. The maximum absolute atomic E-state index is 11.9. The molecule has 5 heteroatoms. The van der Waals surface area contributed by atoms with Crippen LogP contribution in [0.4, 0.5) is 0 Å². The third-order valence-electron chi connectivity index (χ3n) is 3.41. The van der Waals surface area contributed by atoms with Gasteiger partial charge in [-0.25, -0.2) is 13.1 Å². The molecule has 0 bridgehead atoms. The summed E-state index contributed by atoms with van der Waals surface area (Å²) in [5.74, 6) is 0. The molecule has 0 unspecified atom stereocenters. The summed E-state index contributed by atoms with van der Waals surface area (Å²) in [6.45, 7) is 4.53. The highest BCUT2D eigenvalue weighted by atomic mass is 32.2. The summed E-state index contributed by atoms with van der Waals surface area (Å²) >= 11 is 0. The highest BCUT2D eigenvalue weighted by molar-refractivity contribution is 7.89. The fraction of sp³-hybridized carbons (Fsp3) is 0.538. The molecule has 1 saturated carbocycles. The molecule has 0 radical (unpaired) electrons. The van der Waals surface area contributed by atoms with E-state index in [-0.39, 0.29) is 0 Å². The van der Waals surface area contributed by atoms with Gasteiger partial charge >= 0.3 is 0 Å². The number of sulfonamides is 1. The van der Waals surface area contributed by atoms with E-state index in [0.29, 0.717) is 10.9 Å². The summed E-state index contributed by atoms with van der Waals surface area (Å²) in [7, 11) is -1.93. The monoisotopic (exact) mass is 268 g/mol. The minimum atomic E-state index is -3.37. The van der Waals surface area contributed by atoms with Gasteiger partial charge in [-0.3, -0.25) is 0 Å². The number of benzene rings is 1. The van der Waals surface area contributed by atoms with Crippen LogP contribution in [0.1, 0.15) is 29.5 Å². The molecule has 18 heavy (non-hydrogen) atoms. The zero-order valence-electron chi connectivity index (χ0n) is 11.1. The highest BCUT2D eigenvalue weighted by Gasteiger charge is 2.21. The molecule has 1 aromatic rings. The van der Waals surface area contributed by atoms with Gasteiger partial charge in [0, 0.05) is 12.6 Å². The standard InChI is InChI=1S/C13H20N2O2S/c1-9-6-11(8-15-12-4-5-12)7-13(10(9)2)18(16,17)14-3/h6-7,12,14-15H,4-5,8H2,1-3H3. The summed E-state index contributed by atoms with van der Waals surface area (Å²) in [5.41, 5.74) is 2.86. The van der Waals surface area contributed by atoms with E-state index in [1.807, 2.05) is 13.8 Å². The average molecular weight is 268 g/mol. The number of hydrogen-bond donors (Lipinski definition) is 2. The second-order valence-electron chi connectivity index (χ2n) is 4.90. The van der Waals surface area contributed by atoms with Crippen LogP contribution in [0.5, 0.6) is 0 Å². The van der Waals surface area contributed by atoms with Crippen molar-refractivity contribution in [3.8, 4) is 0 Å². The molecule has 0 amide bonds. The van der Waals surface area contributed by atoms with Crippen LogP contribution >= 0.6 is 0 Å². The van der Waals surface area contributed by atoms with E-state index in [4.69, 9.17) is 0 Å². The molecule has 4 nitrogen and oxygen atoms in total. The number of aryl methyl sites for hydroxylation is 1. The van der Waals surface area contributed by atoms with Crippen LogP contribution in [0.2, 0.25) is 0 Å². The van der Waals surface area contributed by atoms with Crippen molar-refractivity contribution < 1.29 is 8.42 Å². The molecule has 1 aliphatic carbocycles. The van der Waals surface area contributed by atoms with Crippen LogP contribution < -0.4 is 10.0 Å². The molecule has 0 atom stereocenters. The van der Waals surface area contributed by atoms with Crippen molar-refractivity contribution in [3.05, 3.63) is 28.8 Å². The Kier molecular flexibility index (Phi) is 3.75. The first kappa shape index (κ1) is 13.5. The lowest BCUT2D eigenvalue weighted by atomic mass is 10.1. The van der Waals surface area contributed by atoms with Crippen LogP contribution in [0, 0.1) is 13.8 Å². The average Bonchev–Trinajstić information content (AvgIpc) is 3.14. The summed E-state index contributed by atoms with van der Waals surface area (Å²) in [4.78, 5) is 0.387. The van der Waals surface area contributed by atoms with Gasteiger partial charge in [0.05, 0.1) is 4.90 Å². The first-order valence-corrected chi connectivity index (χ1v) is 7.69. The molecule has 0 saturated heterocycles. The van der Waals surface area contributed by atoms with Gasteiger partial charge < -0.3 is 5.32 Å². The highest BCUT2D eigenvalue weighted by Crippen LogP contribution is 2.23. The van der Waals surface area contributed by atoms with Crippen molar-refractivity contribution in [1.82, 2.24) is 10.0 Å². The van der Waals surface area contributed by atoms with Gasteiger partial charge in [0.1, 0.15) is 0 Å². The molecule has 0 aromatic heterocycles. The van der Waals surface area contributed by atoms with Gasteiger partial charge in [-0.05, 0) is 56.5 Å². The number of hydrogen-bond acceptors (Lipinski definition) is 3. The van der Waals surface area contributed by atoms with Crippen molar-refractivity contribution >= 4 is 10.0 Å². The Balaban J connectivity index is 2.32. The minimum absolute atomic E-state index is 0.387. The topological polar surface area (TPSA) is 58.2 Å². The maximum Gasteiger partial charge on any atom is 0.240 e. The molecule has 2 rings (SSSR count). The fourth-order valence-electron chi connectivity index (χ4n) is 1.94. The van der Waals surface area contributed by atoms with Gasteiger partial charge in [-0.2, -0.15) is 0 Å². The van der Waals surface area contributed by atoms with Crippen LogP contribution in [0.25, 0.3) is 0 Å². The van der Waals surface area contributed by atoms with Crippen LogP contribution in [0.3, 0.4) is 0 Å². The van der Waals surface area contributed by atoms with E-state index in [1.54, 1.807) is 6.07 Å². The Morgan fingerprint density at radius 2 is 1.94 bits per heavy atom. The maximum atomic E-state index is 11.9. The fourth-order valence-corrected chi connectivity index (χ4v) is 3.03. The molecule has 2 N–H and O–H groups in total. The molecule has 1 fully saturated rings. The third kappa shape index (κ3) is 2.91. The van der Waals surface area contributed by atoms with Crippen molar-refractivity contribution in [1.29, 1.82) is 0 Å². The predicted molar refractivity (Wildman–Crippen MR) is 72.0 cm³/mol. The number of rotatable bonds is 5. The van der Waals surface area contributed by atoms with E-state index in [1.165, 1.54) is 19.9 Å². The summed E-state index contributed by atoms with van der Waals surface area (Å²) in [6, 6.07) is 4.44. The van der Waals surface area contributed by atoms with Gasteiger partial charge in [-0.1, -0.05) is 6.07 Å². The zero-order valence-corrected chi connectivity index (χ0v) is 11.9. The van der Waals surface area contributed by atoms with E-state index in [0.717, 1.165) is 23.2 Å². The van der Waals surface area contributed by atoms with Crippen molar-refractivity contribution in [2.24, 2.45) is 0 Å². The Labute approximate surface area is 109 Å². The molecule has 1 aliphatic rings. The van der Waals surface area contributed by atoms with Gasteiger partial charge in [0.2, 0.25) is 10.0 Å². The first-order chi connectivity index (χ1) is 8.44. The van der Waals surface area contributed by atoms with Gasteiger partial charge in [0.25, 0.3) is 0 Å². The smallest absolute Gasteiger partial charge is 0.240 e. The van der Waals surface area contributed by atoms with Crippen LogP contribution in [-0.4, -0.2) is 21.5 Å². The number of nitrogens with one attached hydrogen (secondary N) is 2. The summed E-state index contributed by atoms with van der Waals surface area (Å²) in [6.07, 6.45) is 2.46. The SMILES string of the molecule is CNS(=O)(=O)c1cc(CNC2CC2)cc(C)c1C. The Morgan fingerprint density at radius 1 is 1.28 bits per heavy atom. The first-order valence-electron chi connectivity index (χ1n) is 6.21. The molecule has 1 aromatic carbocycles. The van der Waals surface area contributed by atoms with E-state index >= 15 is 0 Å². The van der Waals surface area contributed by atoms with Crippen LogP contribution in [0.15, 0.2) is 17.0 Å². The van der Waals surface area contributed by atoms with Crippen molar-refractivity contribution in [2.75, 3.05) is 7.05 Å². The van der Waals surface area contributed by atoms with Gasteiger partial charge in [0.15, 0.2) is 0 Å². The predicted octanol–water partition coefficient (Wildman–Crippen LogP) is 1.46. The molecular weight excluding hydrogens is 248 g/mol. The van der Waals surface area contributed by atoms with Crippen molar-refractivity contribution in [2.45, 2.75) is 44.2 Å². The normalized spacial score (nSPS) is 15.9. The summed E-state index contributed by atoms with van der Waals surface area (Å²) < 4.78 is 26.3. The quantitative estimate of drug-likeness (QED) is 0.850. The van der Waals surface area contributed by atoms with Crippen molar-refractivity contribution in [3.63, 3.8) is 0 Å². The lowest BCUT2D eigenvalue weighted by Gasteiger charge is -2.12. The summed E-state index contributed by atoms with van der Waals surface area (Å²) in [5, 5.41) is 3.40. The molecule has 0 heterocycles. The van der Waals surface area contributed by atoms with E-state index in [9.17, 15) is 8.42 Å². The third-order valence-corrected chi connectivity index (χ3v) is 4.95. The van der Waals surface area contributed by atoms with E-state index in [2.05, 4.69) is 16.1 Å². The lowest BCUT2D eigenvalue weighted by Crippen LogP contribution is -2.21. The minimum Gasteiger partial charge on any atom is -0.310 e.